The molecule has 0 heterocycles. The van der Waals surface area contributed by atoms with Gasteiger partial charge in [0.2, 0.25) is 0 Å². The molecule has 4 heteroatoms. The van der Waals surface area contributed by atoms with E-state index in [-0.39, 0.29) is 0 Å². The molecule has 158 valence electrons. The smallest absolute Gasteiger partial charge is 0.282 e. The fourth-order valence-electron chi connectivity index (χ4n) is 6.62. The lowest BCUT2D eigenvalue weighted by Gasteiger charge is -2.39. The van der Waals surface area contributed by atoms with Gasteiger partial charge in [0.05, 0.1) is 4.91 Å². The summed E-state index contributed by atoms with van der Waals surface area (Å²) in [6.45, 7) is 0. The van der Waals surface area contributed by atoms with Gasteiger partial charge in [0.15, 0.2) is 0 Å². The van der Waals surface area contributed by atoms with E-state index in [2.05, 4.69) is 6.08 Å². The predicted octanol–water partition coefficient (Wildman–Crippen LogP) is 6.82. The first kappa shape index (κ1) is 20.7. The Hall–Kier alpha value is -0.610. The van der Waals surface area contributed by atoms with Crippen LogP contribution in [0.25, 0.3) is 0 Å². The second kappa shape index (κ2) is 9.04. The topological polar surface area (TPSA) is 54.4 Å². The highest BCUT2D eigenvalue weighted by Gasteiger charge is 2.38. The third kappa shape index (κ3) is 4.59. The molecule has 28 heavy (non-hydrogen) atoms. The van der Waals surface area contributed by atoms with Crippen molar-refractivity contribution in [2.75, 3.05) is 0 Å². The minimum Gasteiger partial charge on any atom is -0.282 e. The average molecular weight is 407 g/mol. The van der Waals surface area contributed by atoms with E-state index in [4.69, 9.17) is 0 Å². The highest BCUT2D eigenvalue weighted by Crippen LogP contribution is 2.48. The van der Waals surface area contributed by atoms with Gasteiger partial charge in [-0.05, 0) is 79.8 Å². The number of hydrogen-bond acceptors (Lipinski definition) is 2. The van der Waals surface area contributed by atoms with Crippen LogP contribution >= 0.6 is 0 Å². The summed E-state index contributed by atoms with van der Waals surface area (Å²) in [5.74, 6) is 1.88. The first-order valence-corrected chi connectivity index (χ1v) is 13.4. The highest BCUT2D eigenvalue weighted by molar-refractivity contribution is 7.90. The molecule has 3 nitrogen and oxygen atoms in total. The maximum Gasteiger partial charge on any atom is 0.294 e. The van der Waals surface area contributed by atoms with Crippen LogP contribution in [-0.4, -0.2) is 13.0 Å². The Kier molecular flexibility index (Phi) is 6.67. The van der Waals surface area contributed by atoms with Gasteiger partial charge >= 0.3 is 0 Å². The molecule has 1 N–H and O–H groups in total. The first-order valence-electron chi connectivity index (χ1n) is 12.0. The molecule has 3 saturated carbocycles. The van der Waals surface area contributed by atoms with Crippen molar-refractivity contribution in [3.8, 4) is 0 Å². The predicted molar refractivity (Wildman–Crippen MR) is 114 cm³/mol. The molecule has 0 aliphatic heterocycles. The fraction of sp³-hybridized carbons (Fsp3) is 0.833. The van der Waals surface area contributed by atoms with Crippen LogP contribution in [0.2, 0.25) is 0 Å². The molecule has 0 radical (unpaired) electrons. The number of allylic oxidation sites excluding steroid dienone is 3. The van der Waals surface area contributed by atoms with E-state index in [0.717, 1.165) is 43.3 Å². The first-order chi connectivity index (χ1) is 13.5. The van der Waals surface area contributed by atoms with Crippen molar-refractivity contribution in [2.24, 2.45) is 23.7 Å². The molecule has 1 atom stereocenters. The van der Waals surface area contributed by atoms with Gasteiger partial charge in [0.25, 0.3) is 10.1 Å². The summed E-state index contributed by atoms with van der Waals surface area (Å²) in [5.41, 5.74) is 2.13. The molecule has 0 bridgehead atoms. The van der Waals surface area contributed by atoms with Gasteiger partial charge in [-0.3, -0.25) is 4.55 Å². The molecule has 0 aromatic heterocycles. The highest BCUT2D eigenvalue weighted by atomic mass is 32.2. The summed E-state index contributed by atoms with van der Waals surface area (Å²) in [5, 5.41) is 0. The quantitative estimate of drug-likeness (QED) is 0.521. The Morgan fingerprint density at radius 3 is 1.75 bits per heavy atom. The van der Waals surface area contributed by atoms with Crippen LogP contribution in [0.1, 0.15) is 103 Å². The minimum atomic E-state index is -4.17. The van der Waals surface area contributed by atoms with Gasteiger partial charge in [-0.15, -0.1) is 0 Å². The van der Waals surface area contributed by atoms with Crippen LogP contribution < -0.4 is 0 Å². The van der Waals surface area contributed by atoms with Gasteiger partial charge in [-0.25, -0.2) is 0 Å². The Balaban J connectivity index is 1.74. The van der Waals surface area contributed by atoms with Crippen LogP contribution in [0.4, 0.5) is 0 Å². The normalized spacial score (nSPS) is 29.8. The summed E-state index contributed by atoms with van der Waals surface area (Å²) in [6, 6.07) is 0. The summed E-state index contributed by atoms with van der Waals surface area (Å²) in [7, 11) is -4.17. The zero-order chi connectivity index (χ0) is 19.6. The maximum atomic E-state index is 12.6. The van der Waals surface area contributed by atoms with Crippen molar-refractivity contribution in [1.82, 2.24) is 0 Å². The molecule has 0 amide bonds. The second-order valence-electron chi connectivity index (χ2n) is 9.89. The summed E-state index contributed by atoms with van der Waals surface area (Å²) in [6.07, 6.45) is 21.5. The molecular weight excluding hydrogens is 368 g/mol. The van der Waals surface area contributed by atoms with E-state index in [0.29, 0.717) is 28.6 Å². The lowest BCUT2D eigenvalue weighted by Crippen LogP contribution is -2.28. The molecule has 0 aromatic carbocycles. The molecule has 0 aromatic rings. The zero-order valence-corrected chi connectivity index (χ0v) is 18.2. The van der Waals surface area contributed by atoms with E-state index < -0.39 is 10.1 Å². The zero-order valence-electron chi connectivity index (χ0n) is 17.4. The minimum absolute atomic E-state index is 0.329. The number of hydrogen-bond donors (Lipinski definition) is 1. The van der Waals surface area contributed by atoms with Crippen LogP contribution in [0.5, 0.6) is 0 Å². The van der Waals surface area contributed by atoms with E-state index >= 15 is 0 Å². The molecule has 4 aliphatic carbocycles. The standard InChI is InChI=1S/C24H38O3S/c25-28(26,27)24-22(19-12-6-2-7-13-19)16-21(18-10-4-1-5-11-18)17-23(24)20-14-8-3-9-15-20/h16,18-21H,1-15,17H2,(H,25,26,27). The van der Waals surface area contributed by atoms with E-state index in [1.54, 1.807) is 0 Å². The van der Waals surface area contributed by atoms with Gasteiger partial charge < -0.3 is 0 Å². The molecular formula is C24H38O3S. The molecule has 1 unspecified atom stereocenters. The van der Waals surface area contributed by atoms with Gasteiger partial charge in [-0.1, -0.05) is 63.9 Å². The third-order valence-electron chi connectivity index (χ3n) is 8.06. The van der Waals surface area contributed by atoms with Crippen molar-refractivity contribution in [1.29, 1.82) is 0 Å². The summed E-state index contributed by atoms with van der Waals surface area (Å²) < 4.78 is 35.6. The fourth-order valence-corrected chi connectivity index (χ4v) is 7.73. The lowest BCUT2D eigenvalue weighted by molar-refractivity contribution is 0.268. The van der Waals surface area contributed by atoms with E-state index in [9.17, 15) is 13.0 Å². The van der Waals surface area contributed by atoms with Crippen molar-refractivity contribution in [2.45, 2.75) is 103 Å². The van der Waals surface area contributed by atoms with Crippen molar-refractivity contribution >= 4 is 10.1 Å². The van der Waals surface area contributed by atoms with Crippen LogP contribution in [-0.2, 0) is 10.1 Å². The molecule has 4 rings (SSSR count). The third-order valence-corrected chi connectivity index (χ3v) is 9.07. The van der Waals surface area contributed by atoms with E-state index in [1.165, 1.54) is 70.6 Å². The monoisotopic (exact) mass is 406 g/mol. The lowest BCUT2D eigenvalue weighted by atomic mass is 9.68. The van der Waals surface area contributed by atoms with Gasteiger partial charge in [0.1, 0.15) is 0 Å². The second-order valence-corrected chi connectivity index (χ2v) is 11.2. The van der Waals surface area contributed by atoms with Gasteiger partial charge in [-0.2, -0.15) is 8.42 Å². The molecule has 0 spiro atoms. The summed E-state index contributed by atoms with van der Waals surface area (Å²) >= 11 is 0. The van der Waals surface area contributed by atoms with Crippen LogP contribution in [0.3, 0.4) is 0 Å². The number of rotatable bonds is 4. The van der Waals surface area contributed by atoms with Crippen molar-refractivity contribution in [3.63, 3.8) is 0 Å². The van der Waals surface area contributed by atoms with Crippen LogP contribution in [0, 0.1) is 23.7 Å². The average Bonchev–Trinajstić information content (AvgIpc) is 2.74. The Morgan fingerprint density at radius 2 is 1.21 bits per heavy atom. The SMILES string of the molecule is O=S(=O)(O)C1=C(C2CCCCC2)CC(C2CCCCC2)C=C1C1CCCCC1. The van der Waals surface area contributed by atoms with Crippen molar-refractivity contribution < 1.29 is 13.0 Å². The van der Waals surface area contributed by atoms with Crippen molar-refractivity contribution in [3.05, 3.63) is 22.1 Å². The molecule has 4 aliphatic rings. The van der Waals surface area contributed by atoms with E-state index in [1.807, 2.05) is 0 Å². The Morgan fingerprint density at radius 1 is 0.714 bits per heavy atom. The summed E-state index contributed by atoms with van der Waals surface area (Å²) in [4.78, 5) is 0.373. The molecule has 3 fully saturated rings. The maximum absolute atomic E-state index is 12.6. The van der Waals surface area contributed by atoms with Gasteiger partial charge in [0, 0.05) is 0 Å². The Bertz CT molecular complexity index is 700. The van der Waals surface area contributed by atoms with Crippen LogP contribution in [0.15, 0.2) is 22.1 Å². The largest absolute Gasteiger partial charge is 0.294 e. The Labute approximate surface area is 171 Å². The molecule has 0 saturated heterocycles.